The van der Waals surface area contributed by atoms with E-state index in [0.29, 0.717) is 68.7 Å². The van der Waals surface area contributed by atoms with Gasteiger partial charge >= 0.3 is 0 Å². The number of benzene rings is 3. The summed E-state index contributed by atoms with van der Waals surface area (Å²) in [5.74, 6) is 0.994. The Labute approximate surface area is 269 Å². The molecule has 0 bridgehead atoms. The number of ketones is 1. The summed E-state index contributed by atoms with van der Waals surface area (Å²) in [5.41, 5.74) is 2.29. The van der Waals surface area contributed by atoms with Crippen LogP contribution in [0.15, 0.2) is 78.9 Å². The van der Waals surface area contributed by atoms with Gasteiger partial charge in [-0.3, -0.25) is 9.59 Å². The molecule has 0 spiro atoms. The number of nitrogens with one attached hydrogen (secondary N) is 4. The highest BCUT2D eigenvalue weighted by Crippen LogP contribution is 2.21. The van der Waals surface area contributed by atoms with Gasteiger partial charge in [0.2, 0.25) is 17.8 Å². The Kier molecular flexibility index (Phi) is 12.4. The smallest absolute Gasteiger partial charge is 0.251 e. The van der Waals surface area contributed by atoms with Crippen LogP contribution in [-0.2, 0) is 9.47 Å². The first kappa shape index (κ1) is 33.8. The summed E-state index contributed by atoms with van der Waals surface area (Å²) in [5, 5.41) is 22.0. The van der Waals surface area contributed by atoms with Crippen LogP contribution in [-0.4, -0.2) is 70.3 Å². The molecule has 46 heavy (non-hydrogen) atoms. The van der Waals surface area contributed by atoms with Crippen LogP contribution in [0.2, 0.25) is 0 Å². The zero-order valence-electron chi connectivity index (χ0n) is 26.4. The summed E-state index contributed by atoms with van der Waals surface area (Å²) in [6.45, 7) is 7.95. The maximum atomic E-state index is 12.5. The summed E-state index contributed by atoms with van der Waals surface area (Å²) in [6, 6.07) is 22.8. The maximum absolute atomic E-state index is 12.5. The molecule has 3 aromatic carbocycles. The summed E-state index contributed by atoms with van der Waals surface area (Å²) >= 11 is 0. The van der Waals surface area contributed by atoms with Gasteiger partial charge < -0.3 is 35.8 Å². The van der Waals surface area contributed by atoms with Crippen LogP contribution >= 0.6 is 0 Å². The lowest BCUT2D eigenvalue weighted by Crippen LogP contribution is -2.40. The number of amides is 1. The zero-order chi connectivity index (χ0) is 32.8. The molecule has 0 fully saturated rings. The van der Waals surface area contributed by atoms with Crippen molar-refractivity contribution < 1.29 is 24.2 Å². The second-order valence-corrected chi connectivity index (χ2v) is 11.4. The Morgan fingerprint density at radius 3 is 1.87 bits per heavy atom. The lowest BCUT2D eigenvalue weighted by molar-refractivity contribution is 0.0497. The highest BCUT2D eigenvalue weighted by Gasteiger charge is 2.15. The van der Waals surface area contributed by atoms with Crippen LogP contribution in [0.5, 0.6) is 5.75 Å². The van der Waals surface area contributed by atoms with E-state index < -0.39 is 0 Å². The zero-order valence-corrected chi connectivity index (χ0v) is 26.4. The van der Waals surface area contributed by atoms with E-state index in [1.54, 1.807) is 48.5 Å². The number of aromatic nitrogens is 3. The van der Waals surface area contributed by atoms with Crippen LogP contribution in [0, 0.1) is 0 Å². The molecule has 4 rings (SSSR count). The third kappa shape index (κ3) is 11.8. The molecule has 0 unspecified atom stereocenters. The number of hydrogen-bond donors (Lipinski definition) is 5. The van der Waals surface area contributed by atoms with Crippen molar-refractivity contribution in [2.24, 2.45) is 0 Å². The summed E-state index contributed by atoms with van der Waals surface area (Å²) in [4.78, 5) is 38.0. The molecule has 12 heteroatoms. The SMILES string of the molecule is CC(C)(C)NC(=O)c1ccc(Nc2nc(NCCOCCOCCCC(=O)c3ccccc3)nc(Nc3ccc(O)cc3)n2)cc1. The van der Waals surface area contributed by atoms with E-state index in [1.165, 1.54) is 0 Å². The molecular weight excluding hydrogens is 586 g/mol. The van der Waals surface area contributed by atoms with Gasteiger partial charge in [-0.15, -0.1) is 0 Å². The second kappa shape index (κ2) is 16.8. The number of anilines is 5. The second-order valence-electron chi connectivity index (χ2n) is 11.4. The van der Waals surface area contributed by atoms with Crippen molar-refractivity contribution in [2.75, 3.05) is 48.9 Å². The lowest BCUT2D eigenvalue weighted by Gasteiger charge is -2.20. The fraction of sp³-hybridized carbons (Fsp3) is 0.324. The Morgan fingerprint density at radius 2 is 1.26 bits per heavy atom. The van der Waals surface area contributed by atoms with Crippen molar-refractivity contribution in [3.8, 4) is 5.75 Å². The minimum Gasteiger partial charge on any atom is -0.508 e. The van der Waals surface area contributed by atoms with Gasteiger partial charge in [0.15, 0.2) is 5.78 Å². The minimum absolute atomic E-state index is 0.114. The van der Waals surface area contributed by atoms with Gasteiger partial charge in [-0.25, -0.2) is 0 Å². The molecule has 0 aliphatic heterocycles. The predicted octanol–water partition coefficient (Wildman–Crippen LogP) is 5.70. The summed E-state index contributed by atoms with van der Waals surface area (Å²) in [6.07, 6.45) is 1.10. The van der Waals surface area contributed by atoms with Gasteiger partial charge in [-0.05, 0) is 75.7 Å². The number of phenolic OH excluding ortho intramolecular Hbond substituents is 1. The van der Waals surface area contributed by atoms with Crippen LogP contribution in [0.25, 0.3) is 0 Å². The number of carbonyl (C=O) groups excluding carboxylic acids is 2. The number of phenols is 1. The van der Waals surface area contributed by atoms with Crippen molar-refractivity contribution in [1.29, 1.82) is 0 Å². The van der Waals surface area contributed by atoms with Crippen LogP contribution in [0.1, 0.15) is 54.3 Å². The molecular formula is C34H41N7O5. The average Bonchev–Trinajstić information content (AvgIpc) is 3.03. The van der Waals surface area contributed by atoms with Gasteiger partial charge in [-0.1, -0.05) is 30.3 Å². The van der Waals surface area contributed by atoms with E-state index in [-0.39, 0.29) is 34.9 Å². The van der Waals surface area contributed by atoms with E-state index >= 15 is 0 Å². The Bertz CT molecular complexity index is 1540. The standard InChI is InChI=1S/C34H41N7O5/c1-34(2,3)41-30(44)25-11-13-26(14-12-25)36-32-38-31(39-33(40-32)37-27-15-17-28(42)18-16-27)35-19-21-46-23-22-45-20-7-10-29(43)24-8-5-4-6-9-24/h4-6,8-9,11-18,42H,7,10,19-23H2,1-3H3,(H,41,44)(H3,35,36,37,38,39,40). The molecule has 1 aromatic heterocycles. The van der Waals surface area contributed by atoms with Gasteiger partial charge in [0.25, 0.3) is 5.91 Å². The molecule has 0 saturated carbocycles. The molecule has 12 nitrogen and oxygen atoms in total. The topological polar surface area (TPSA) is 160 Å². The number of ether oxygens (including phenoxy) is 2. The normalized spacial score (nSPS) is 11.1. The Hall–Kier alpha value is -5.07. The highest BCUT2D eigenvalue weighted by molar-refractivity contribution is 5.96. The van der Waals surface area contributed by atoms with Crippen LogP contribution < -0.4 is 21.3 Å². The third-order valence-corrected chi connectivity index (χ3v) is 6.34. The Balaban J connectivity index is 1.26. The van der Waals surface area contributed by atoms with E-state index in [4.69, 9.17) is 9.47 Å². The molecule has 0 atom stereocenters. The van der Waals surface area contributed by atoms with Crippen molar-refractivity contribution in [2.45, 2.75) is 39.2 Å². The summed E-state index contributed by atoms with van der Waals surface area (Å²) in [7, 11) is 0. The van der Waals surface area contributed by atoms with Gasteiger partial charge in [0.05, 0.1) is 19.8 Å². The molecule has 4 aromatic rings. The predicted molar refractivity (Wildman–Crippen MR) is 178 cm³/mol. The number of nitrogens with zero attached hydrogens (tertiary/aromatic N) is 3. The Morgan fingerprint density at radius 1 is 0.696 bits per heavy atom. The fourth-order valence-electron chi connectivity index (χ4n) is 4.15. The molecule has 1 amide bonds. The molecule has 242 valence electrons. The number of Topliss-reactive ketones (excluding diaryl/α,β-unsaturated/α-hetero) is 1. The van der Waals surface area contributed by atoms with Gasteiger partial charge in [0, 0.05) is 47.6 Å². The van der Waals surface area contributed by atoms with E-state index in [2.05, 4.69) is 36.2 Å². The molecule has 0 aliphatic carbocycles. The monoisotopic (exact) mass is 627 g/mol. The van der Waals surface area contributed by atoms with Crippen molar-refractivity contribution in [1.82, 2.24) is 20.3 Å². The fourth-order valence-corrected chi connectivity index (χ4v) is 4.15. The van der Waals surface area contributed by atoms with Gasteiger partial charge in [0.1, 0.15) is 5.75 Å². The first-order chi connectivity index (χ1) is 22.1. The maximum Gasteiger partial charge on any atom is 0.251 e. The third-order valence-electron chi connectivity index (χ3n) is 6.34. The average molecular weight is 628 g/mol. The molecule has 0 aliphatic rings. The molecule has 0 saturated heterocycles. The van der Waals surface area contributed by atoms with Crippen molar-refractivity contribution in [3.05, 3.63) is 90.0 Å². The van der Waals surface area contributed by atoms with Gasteiger partial charge in [-0.2, -0.15) is 15.0 Å². The van der Waals surface area contributed by atoms with Crippen LogP contribution in [0.4, 0.5) is 29.2 Å². The number of aromatic hydroxyl groups is 1. The molecule has 0 radical (unpaired) electrons. The summed E-state index contributed by atoms with van der Waals surface area (Å²) < 4.78 is 11.3. The number of hydrogen-bond acceptors (Lipinski definition) is 11. The molecule has 5 N–H and O–H groups in total. The first-order valence-electron chi connectivity index (χ1n) is 15.1. The van der Waals surface area contributed by atoms with Crippen molar-refractivity contribution >= 4 is 40.9 Å². The lowest BCUT2D eigenvalue weighted by atomic mass is 10.1. The van der Waals surface area contributed by atoms with E-state index in [0.717, 1.165) is 5.56 Å². The number of carbonyl (C=O) groups is 2. The van der Waals surface area contributed by atoms with Crippen molar-refractivity contribution in [3.63, 3.8) is 0 Å². The molecule has 1 heterocycles. The number of rotatable bonds is 17. The van der Waals surface area contributed by atoms with Crippen LogP contribution in [0.3, 0.4) is 0 Å². The highest BCUT2D eigenvalue weighted by atomic mass is 16.5. The quantitative estimate of drug-likeness (QED) is 0.0555. The minimum atomic E-state index is -0.340. The van der Waals surface area contributed by atoms with E-state index in [1.807, 2.05) is 51.1 Å². The first-order valence-corrected chi connectivity index (χ1v) is 15.1. The van der Waals surface area contributed by atoms with E-state index in [9.17, 15) is 14.7 Å². The largest absolute Gasteiger partial charge is 0.508 e.